The molecule has 0 unspecified atom stereocenters. The highest BCUT2D eigenvalue weighted by atomic mass is 28.3. The first kappa shape index (κ1) is 15.9. The van der Waals surface area contributed by atoms with Crippen LogP contribution < -0.4 is 0 Å². The molecule has 0 aliphatic heterocycles. The number of alkyl halides is 3. The Morgan fingerprint density at radius 2 is 2.00 bits per heavy atom. The molecule has 0 bridgehead atoms. The molecule has 0 atom stereocenters. The topological polar surface area (TPSA) is 55.0 Å². The van der Waals surface area contributed by atoms with E-state index in [1.807, 2.05) is 0 Å². The third-order valence-corrected chi connectivity index (χ3v) is 4.12. The number of hydrogen-bond acceptors (Lipinski definition) is 3. The van der Waals surface area contributed by atoms with Crippen molar-refractivity contribution < 1.29 is 22.7 Å². The van der Waals surface area contributed by atoms with Crippen molar-refractivity contribution in [3.63, 3.8) is 0 Å². The summed E-state index contributed by atoms with van der Waals surface area (Å²) in [5.74, 6) is -0.337. The van der Waals surface area contributed by atoms with E-state index in [4.69, 9.17) is 4.74 Å². The molecule has 1 aromatic rings. The number of rotatable bonds is 6. The van der Waals surface area contributed by atoms with E-state index in [0.29, 0.717) is 6.61 Å². The molecular weight excluding hydrogens is 277 g/mol. The van der Waals surface area contributed by atoms with E-state index < -0.39 is 19.9 Å². The lowest BCUT2D eigenvalue weighted by molar-refractivity contribution is -0.142. The van der Waals surface area contributed by atoms with Crippen LogP contribution in [0.1, 0.15) is 22.0 Å². The Hall–Kier alpha value is -1.15. The van der Waals surface area contributed by atoms with Gasteiger partial charge in [-0.2, -0.15) is 13.2 Å². The molecule has 1 N–H and O–H groups in total. The smallest absolute Gasteiger partial charge is 0.375 e. The fourth-order valence-electron chi connectivity index (χ4n) is 1.38. The first-order chi connectivity index (χ1) is 8.63. The second-order valence-electron chi connectivity index (χ2n) is 5.43. The van der Waals surface area contributed by atoms with Crippen molar-refractivity contribution in [3.8, 4) is 0 Å². The van der Waals surface area contributed by atoms with E-state index in [0.717, 1.165) is 6.04 Å². The van der Waals surface area contributed by atoms with E-state index in [9.17, 15) is 18.0 Å². The van der Waals surface area contributed by atoms with E-state index in [2.05, 4.69) is 29.6 Å². The number of aldehydes is 1. The van der Waals surface area contributed by atoms with E-state index in [-0.39, 0.29) is 24.4 Å². The summed E-state index contributed by atoms with van der Waals surface area (Å²) in [4.78, 5) is 16.0. The molecule has 0 spiro atoms. The number of ether oxygens (including phenoxy) is 1. The number of hydrogen-bond donors (Lipinski definition) is 1. The van der Waals surface area contributed by atoms with Crippen molar-refractivity contribution in [2.75, 3.05) is 6.61 Å². The number of nitrogens with zero attached hydrogens (tertiary/aromatic N) is 1. The molecule has 4 nitrogen and oxygen atoms in total. The minimum atomic E-state index is -4.59. The highest BCUT2D eigenvalue weighted by Gasteiger charge is 2.37. The van der Waals surface area contributed by atoms with Crippen molar-refractivity contribution in [2.45, 2.75) is 38.5 Å². The Morgan fingerprint density at radius 1 is 1.37 bits per heavy atom. The van der Waals surface area contributed by atoms with Crippen LogP contribution in [-0.4, -0.2) is 30.9 Å². The first-order valence-corrected chi connectivity index (χ1v) is 9.53. The van der Waals surface area contributed by atoms with Crippen LogP contribution in [0.5, 0.6) is 0 Å². The SMILES string of the molecule is C[Si](C)(C)CCOCc1[nH]c(C=O)nc1C(F)(F)F. The fraction of sp³-hybridized carbons (Fsp3) is 0.636. The van der Waals surface area contributed by atoms with Crippen LogP contribution in [0.25, 0.3) is 0 Å². The van der Waals surface area contributed by atoms with Crippen LogP contribution in [0.2, 0.25) is 25.7 Å². The maximum Gasteiger partial charge on any atom is 0.435 e. The third kappa shape index (κ3) is 5.15. The lowest BCUT2D eigenvalue weighted by Gasteiger charge is -2.15. The van der Waals surface area contributed by atoms with E-state index >= 15 is 0 Å². The van der Waals surface area contributed by atoms with Crippen molar-refractivity contribution in [1.82, 2.24) is 9.97 Å². The predicted molar refractivity (Wildman–Crippen MR) is 66.8 cm³/mol. The number of aromatic amines is 1. The quantitative estimate of drug-likeness (QED) is 0.498. The Labute approximate surface area is 110 Å². The second kappa shape index (κ2) is 5.87. The summed E-state index contributed by atoms with van der Waals surface area (Å²) in [7, 11) is -1.28. The monoisotopic (exact) mass is 294 g/mol. The molecule has 108 valence electrons. The molecule has 0 aromatic carbocycles. The first-order valence-electron chi connectivity index (χ1n) is 5.82. The lowest BCUT2D eigenvalue weighted by atomic mass is 10.3. The highest BCUT2D eigenvalue weighted by Crippen LogP contribution is 2.30. The van der Waals surface area contributed by atoms with Gasteiger partial charge in [0.05, 0.1) is 12.3 Å². The minimum Gasteiger partial charge on any atom is -0.375 e. The fourth-order valence-corrected chi connectivity index (χ4v) is 2.13. The van der Waals surface area contributed by atoms with Gasteiger partial charge in [-0.1, -0.05) is 19.6 Å². The van der Waals surface area contributed by atoms with Gasteiger partial charge in [0.25, 0.3) is 0 Å². The number of nitrogens with one attached hydrogen (secondary N) is 1. The summed E-state index contributed by atoms with van der Waals surface area (Å²) in [6.45, 7) is 6.64. The maximum absolute atomic E-state index is 12.6. The number of imidazole rings is 1. The lowest BCUT2D eigenvalue weighted by Crippen LogP contribution is -2.21. The van der Waals surface area contributed by atoms with Gasteiger partial charge >= 0.3 is 6.18 Å². The third-order valence-electron chi connectivity index (χ3n) is 2.42. The second-order valence-corrected chi connectivity index (χ2v) is 11.0. The number of H-pyrrole nitrogens is 1. The Morgan fingerprint density at radius 3 is 2.47 bits per heavy atom. The average Bonchev–Trinajstić information content (AvgIpc) is 2.66. The average molecular weight is 294 g/mol. The summed E-state index contributed by atoms with van der Waals surface area (Å²) in [5.41, 5.74) is -1.28. The zero-order valence-electron chi connectivity index (χ0n) is 11.1. The normalized spacial score (nSPS) is 12.7. The van der Waals surface area contributed by atoms with Crippen molar-refractivity contribution >= 4 is 14.4 Å². The van der Waals surface area contributed by atoms with Crippen LogP contribution in [0.3, 0.4) is 0 Å². The van der Waals surface area contributed by atoms with Crippen molar-refractivity contribution in [2.24, 2.45) is 0 Å². The molecule has 0 aliphatic carbocycles. The summed E-state index contributed by atoms with van der Waals surface area (Å²) >= 11 is 0. The Bertz CT molecular complexity index is 438. The van der Waals surface area contributed by atoms with Gasteiger partial charge in [0.1, 0.15) is 0 Å². The molecule has 1 heterocycles. The Balaban J connectivity index is 2.67. The Kier molecular flexibility index (Phi) is 4.91. The number of carbonyl (C=O) groups is 1. The summed E-state index contributed by atoms with van der Waals surface area (Å²) in [6, 6.07) is 0.864. The number of carbonyl (C=O) groups excluding carboxylic acids is 1. The molecule has 0 amide bonds. The molecule has 1 rings (SSSR count). The highest BCUT2D eigenvalue weighted by molar-refractivity contribution is 6.76. The molecule has 0 radical (unpaired) electrons. The van der Waals surface area contributed by atoms with E-state index in [1.165, 1.54) is 0 Å². The molecule has 0 fully saturated rings. The maximum atomic E-state index is 12.6. The van der Waals surface area contributed by atoms with Crippen LogP contribution in [0.15, 0.2) is 0 Å². The minimum absolute atomic E-state index is 0.204. The van der Waals surface area contributed by atoms with Crippen LogP contribution in [0.4, 0.5) is 13.2 Å². The zero-order valence-corrected chi connectivity index (χ0v) is 12.1. The molecular formula is C11H17F3N2O2Si. The summed E-state index contributed by atoms with van der Waals surface area (Å²) < 4.78 is 43.2. The molecule has 19 heavy (non-hydrogen) atoms. The molecule has 0 saturated carbocycles. The number of halogens is 3. The van der Waals surface area contributed by atoms with Gasteiger partial charge in [-0.25, -0.2) is 4.98 Å². The number of aromatic nitrogens is 2. The van der Waals surface area contributed by atoms with Gasteiger partial charge in [-0.15, -0.1) is 0 Å². The van der Waals surface area contributed by atoms with Crippen LogP contribution >= 0.6 is 0 Å². The van der Waals surface area contributed by atoms with Crippen molar-refractivity contribution in [3.05, 3.63) is 17.2 Å². The summed E-state index contributed by atoms with van der Waals surface area (Å²) in [5, 5.41) is 0. The van der Waals surface area contributed by atoms with Gasteiger partial charge in [-0.3, -0.25) is 4.79 Å². The largest absolute Gasteiger partial charge is 0.435 e. The van der Waals surface area contributed by atoms with Gasteiger partial charge in [0, 0.05) is 14.7 Å². The standard InChI is InChI=1S/C11H17F3N2O2Si/c1-19(2,3)5-4-18-7-8-10(11(12,13)14)16-9(6-17)15-8/h6H,4-5,7H2,1-3H3,(H,15,16). The van der Waals surface area contributed by atoms with Gasteiger partial charge < -0.3 is 9.72 Å². The zero-order chi connectivity index (χ0) is 14.7. The van der Waals surface area contributed by atoms with Crippen LogP contribution in [-0.2, 0) is 17.5 Å². The van der Waals surface area contributed by atoms with Gasteiger partial charge in [-0.05, 0) is 6.04 Å². The molecule has 8 heteroatoms. The predicted octanol–water partition coefficient (Wildman–Crippen LogP) is 3.10. The summed E-state index contributed by atoms with van der Waals surface area (Å²) in [6.07, 6.45) is -4.34. The molecule has 0 saturated heterocycles. The van der Waals surface area contributed by atoms with Gasteiger partial charge in [0.15, 0.2) is 17.8 Å². The molecule has 0 aliphatic rings. The van der Waals surface area contributed by atoms with Crippen molar-refractivity contribution in [1.29, 1.82) is 0 Å². The molecule has 1 aromatic heterocycles. The van der Waals surface area contributed by atoms with Gasteiger partial charge in [0.2, 0.25) is 0 Å². The van der Waals surface area contributed by atoms with Crippen LogP contribution in [0, 0.1) is 0 Å². The van der Waals surface area contributed by atoms with E-state index in [1.54, 1.807) is 0 Å².